The van der Waals surface area contributed by atoms with Crippen molar-refractivity contribution < 1.29 is 14.3 Å². The maximum absolute atomic E-state index is 12.3. The minimum absolute atomic E-state index is 0.129. The Bertz CT molecular complexity index is 578. The average Bonchev–Trinajstić information content (AvgIpc) is 3.11. The molecule has 0 saturated heterocycles. The predicted molar refractivity (Wildman–Crippen MR) is 81.8 cm³/mol. The zero-order chi connectivity index (χ0) is 15.7. The smallest absolute Gasteiger partial charge is 0.324 e. The SMILES string of the molecule is CC(=O)C1(C(=O)OC(C)(C)C)C/C1=C/Cc1ccccc1. The molecule has 0 amide bonds. The number of hydrogen-bond acceptors (Lipinski definition) is 3. The predicted octanol–water partition coefficient (Wildman–Crippen LogP) is 3.48. The number of esters is 1. The largest absolute Gasteiger partial charge is 0.459 e. The molecule has 0 aromatic heterocycles. The fourth-order valence-corrected chi connectivity index (χ4v) is 2.41. The van der Waals surface area contributed by atoms with E-state index in [1.807, 2.05) is 57.2 Å². The Morgan fingerprint density at radius 1 is 1.24 bits per heavy atom. The number of allylic oxidation sites excluding steroid dienone is 1. The van der Waals surface area contributed by atoms with E-state index in [-0.39, 0.29) is 5.78 Å². The van der Waals surface area contributed by atoms with Gasteiger partial charge in [0, 0.05) is 0 Å². The molecule has 0 heterocycles. The highest BCUT2D eigenvalue weighted by atomic mass is 16.6. The van der Waals surface area contributed by atoms with Crippen LogP contribution in [0.2, 0.25) is 0 Å². The van der Waals surface area contributed by atoms with E-state index in [1.54, 1.807) is 0 Å². The number of benzene rings is 1. The lowest BCUT2D eigenvalue weighted by molar-refractivity contribution is -0.162. The molecule has 1 aromatic carbocycles. The van der Waals surface area contributed by atoms with E-state index in [4.69, 9.17) is 4.74 Å². The van der Waals surface area contributed by atoms with Gasteiger partial charge in [-0.2, -0.15) is 0 Å². The molecule has 0 spiro atoms. The lowest BCUT2D eigenvalue weighted by Gasteiger charge is -2.22. The molecule has 3 heteroatoms. The van der Waals surface area contributed by atoms with Gasteiger partial charge in [-0.3, -0.25) is 9.59 Å². The Morgan fingerprint density at radius 2 is 1.86 bits per heavy atom. The highest BCUT2D eigenvalue weighted by Crippen LogP contribution is 2.54. The fourth-order valence-electron chi connectivity index (χ4n) is 2.41. The summed E-state index contributed by atoms with van der Waals surface area (Å²) in [6, 6.07) is 9.98. The van der Waals surface area contributed by atoms with Crippen molar-refractivity contribution in [3.05, 3.63) is 47.5 Å². The van der Waals surface area contributed by atoms with Crippen LogP contribution in [0.4, 0.5) is 0 Å². The molecule has 1 aromatic rings. The van der Waals surface area contributed by atoms with Gasteiger partial charge in [0.2, 0.25) is 0 Å². The highest BCUT2D eigenvalue weighted by Gasteiger charge is 2.61. The average molecular weight is 286 g/mol. The molecule has 1 saturated carbocycles. The number of carbonyl (C=O) groups excluding carboxylic acids is 2. The van der Waals surface area contributed by atoms with E-state index in [1.165, 1.54) is 12.5 Å². The third kappa shape index (κ3) is 3.41. The van der Waals surface area contributed by atoms with Gasteiger partial charge in [0.25, 0.3) is 0 Å². The second-order valence-corrected chi connectivity index (χ2v) is 6.56. The number of hydrogen-bond donors (Lipinski definition) is 0. The molecule has 21 heavy (non-hydrogen) atoms. The van der Waals surface area contributed by atoms with Crippen LogP contribution in [-0.2, 0) is 20.7 Å². The fraction of sp³-hybridized carbons (Fsp3) is 0.444. The summed E-state index contributed by atoms with van der Waals surface area (Å²) in [4.78, 5) is 24.3. The van der Waals surface area contributed by atoms with Crippen molar-refractivity contribution in [3.8, 4) is 0 Å². The summed E-state index contributed by atoms with van der Waals surface area (Å²) in [5.74, 6) is -0.544. The maximum Gasteiger partial charge on any atom is 0.324 e. The Hall–Kier alpha value is -1.90. The normalized spacial score (nSPS) is 23.0. The minimum Gasteiger partial charge on any atom is -0.459 e. The maximum atomic E-state index is 12.3. The highest BCUT2D eigenvalue weighted by molar-refractivity contribution is 6.11. The topological polar surface area (TPSA) is 43.4 Å². The van der Waals surface area contributed by atoms with Crippen LogP contribution in [0.1, 0.15) is 39.7 Å². The first-order chi connectivity index (χ1) is 9.75. The summed E-state index contributed by atoms with van der Waals surface area (Å²) in [6.07, 6.45) is 3.21. The van der Waals surface area contributed by atoms with Crippen molar-refractivity contribution in [2.75, 3.05) is 0 Å². The molecule has 1 aliphatic carbocycles. The van der Waals surface area contributed by atoms with Gasteiger partial charge in [-0.05, 0) is 51.7 Å². The first-order valence-electron chi connectivity index (χ1n) is 7.23. The van der Waals surface area contributed by atoms with E-state index >= 15 is 0 Å². The van der Waals surface area contributed by atoms with Crippen LogP contribution >= 0.6 is 0 Å². The number of rotatable bonds is 4. The van der Waals surface area contributed by atoms with Gasteiger partial charge >= 0.3 is 5.97 Å². The third-order valence-electron chi connectivity index (χ3n) is 3.65. The Morgan fingerprint density at radius 3 is 2.38 bits per heavy atom. The summed E-state index contributed by atoms with van der Waals surface area (Å²) in [7, 11) is 0. The van der Waals surface area contributed by atoms with E-state index in [0.717, 1.165) is 12.0 Å². The molecule has 112 valence electrons. The van der Waals surface area contributed by atoms with Gasteiger partial charge in [-0.15, -0.1) is 0 Å². The van der Waals surface area contributed by atoms with Gasteiger partial charge in [-0.25, -0.2) is 0 Å². The minimum atomic E-state index is -1.03. The zero-order valence-corrected chi connectivity index (χ0v) is 13.1. The second-order valence-electron chi connectivity index (χ2n) is 6.56. The summed E-state index contributed by atoms with van der Waals surface area (Å²) in [5, 5.41) is 0. The molecule has 2 rings (SSSR count). The third-order valence-corrected chi connectivity index (χ3v) is 3.65. The number of carbonyl (C=O) groups is 2. The Labute approximate surface area is 126 Å². The molecular weight excluding hydrogens is 264 g/mol. The van der Waals surface area contributed by atoms with Gasteiger partial charge in [-0.1, -0.05) is 36.4 Å². The first-order valence-corrected chi connectivity index (χ1v) is 7.23. The quantitative estimate of drug-likeness (QED) is 0.483. The summed E-state index contributed by atoms with van der Waals surface area (Å²) in [5.41, 5.74) is 0.445. The molecule has 0 N–H and O–H groups in total. The molecular formula is C18H22O3. The zero-order valence-electron chi connectivity index (χ0n) is 13.1. The van der Waals surface area contributed by atoms with Gasteiger partial charge in [0.05, 0.1) is 0 Å². The van der Waals surface area contributed by atoms with Crippen molar-refractivity contribution >= 4 is 11.8 Å². The number of ketones is 1. The molecule has 1 unspecified atom stereocenters. The second kappa shape index (κ2) is 5.47. The van der Waals surface area contributed by atoms with Gasteiger partial charge in [0.1, 0.15) is 5.60 Å². The van der Waals surface area contributed by atoms with E-state index < -0.39 is 17.0 Å². The molecule has 0 radical (unpaired) electrons. The van der Waals surface area contributed by atoms with Gasteiger partial charge < -0.3 is 4.74 Å². The molecule has 1 fully saturated rings. The van der Waals surface area contributed by atoms with Crippen LogP contribution in [0.3, 0.4) is 0 Å². The van der Waals surface area contributed by atoms with Crippen LogP contribution in [0.25, 0.3) is 0 Å². The van der Waals surface area contributed by atoms with Crippen LogP contribution in [0.15, 0.2) is 42.0 Å². The molecule has 1 aliphatic rings. The lowest BCUT2D eigenvalue weighted by Crippen LogP contribution is -2.33. The van der Waals surface area contributed by atoms with Crippen molar-refractivity contribution in [1.82, 2.24) is 0 Å². The van der Waals surface area contributed by atoms with Crippen LogP contribution in [0, 0.1) is 5.41 Å². The van der Waals surface area contributed by atoms with E-state index in [0.29, 0.717) is 6.42 Å². The molecule has 3 nitrogen and oxygen atoms in total. The molecule has 0 bridgehead atoms. The van der Waals surface area contributed by atoms with Crippen LogP contribution < -0.4 is 0 Å². The number of ether oxygens (including phenoxy) is 1. The lowest BCUT2D eigenvalue weighted by atomic mass is 9.99. The van der Waals surface area contributed by atoms with Crippen molar-refractivity contribution in [2.24, 2.45) is 5.41 Å². The summed E-state index contributed by atoms with van der Waals surface area (Å²) in [6.45, 7) is 6.91. The molecule has 1 atom stereocenters. The van der Waals surface area contributed by atoms with Crippen LogP contribution in [-0.4, -0.2) is 17.4 Å². The monoisotopic (exact) mass is 286 g/mol. The van der Waals surface area contributed by atoms with Gasteiger partial charge in [0.15, 0.2) is 11.2 Å². The van der Waals surface area contributed by atoms with Crippen molar-refractivity contribution in [3.63, 3.8) is 0 Å². The Balaban J connectivity index is 2.13. The molecule has 0 aliphatic heterocycles. The van der Waals surface area contributed by atoms with E-state index in [9.17, 15) is 9.59 Å². The number of Topliss-reactive ketones (excluding diaryl/α,β-unsaturated/α-hetero) is 1. The van der Waals surface area contributed by atoms with Crippen molar-refractivity contribution in [2.45, 2.75) is 46.1 Å². The Kier molecular flexibility index (Phi) is 4.04. The summed E-state index contributed by atoms with van der Waals surface area (Å²) < 4.78 is 5.41. The first kappa shape index (κ1) is 15.5. The summed E-state index contributed by atoms with van der Waals surface area (Å²) >= 11 is 0. The van der Waals surface area contributed by atoms with Crippen LogP contribution in [0.5, 0.6) is 0 Å². The van der Waals surface area contributed by atoms with Crippen molar-refractivity contribution in [1.29, 1.82) is 0 Å². The standard InChI is InChI=1S/C18H22O3/c1-13(19)18(16(20)21-17(2,3)4)12-15(18)11-10-14-8-6-5-7-9-14/h5-9,11H,10,12H2,1-4H3/b15-11-. The van der Waals surface area contributed by atoms with E-state index in [2.05, 4.69) is 0 Å².